The SMILES string of the molecule is CCc1ccc(C(=O)c2cc3c(cc2Cl)CO[C@]32O[C@H](CO)[C@@H](O)[C@H](O)[C@H]2O)cc1. The zero-order valence-corrected chi connectivity index (χ0v) is 17.0. The third-order valence-electron chi connectivity index (χ3n) is 5.83. The number of rotatable bonds is 4. The van der Waals surface area contributed by atoms with Crippen LogP contribution in [0.3, 0.4) is 0 Å². The van der Waals surface area contributed by atoms with E-state index >= 15 is 0 Å². The van der Waals surface area contributed by atoms with Gasteiger partial charge in [-0.2, -0.15) is 0 Å². The first-order valence-electron chi connectivity index (χ1n) is 9.75. The lowest BCUT2D eigenvalue weighted by Crippen LogP contribution is -2.63. The van der Waals surface area contributed by atoms with Gasteiger partial charge in [-0.15, -0.1) is 0 Å². The molecule has 0 unspecified atom stereocenters. The van der Waals surface area contributed by atoms with Crippen LogP contribution in [0, 0.1) is 0 Å². The van der Waals surface area contributed by atoms with Gasteiger partial charge in [0.2, 0.25) is 5.79 Å². The lowest BCUT2D eigenvalue weighted by atomic mass is 9.86. The van der Waals surface area contributed by atoms with Gasteiger partial charge in [0.1, 0.15) is 24.4 Å². The highest BCUT2D eigenvalue weighted by Gasteiger charge is 2.58. The van der Waals surface area contributed by atoms with Crippen LogP contribution in [-0.4, -0.2) is 57.2 Å². The van der Waals surface area contributed by atoms with E-state index < -0.39 is 36.8 Å². The van der Waals surface area contributed by atoms with E-state index in [4.69, 9.17) is 21.1 Å². The molecule has 2 aromatic carbocycles. The summed E-state index contributed by atoms with van der Waals surface area (Å²) in [5, 5.41) is 40.8. The van der Waals surface area contributed by atoms with E-state index in [0.717, 1.165) is 12.0 Å². The number of ether oxygens (including phenoxy) is 2. The Bertz CT molecular complexity index is 959. The maximum Gasteiger partial charge on any atom is 0.225 e. The summed E-state index contributed by atoms with van der Waals surface area (Å²) in [7, 11) is 0. The third-order valence-corrected chi connectivity index (χ3v) is 6.14. The van der Waals surface area contributed by atoms with Crippen molar-refractivity contribution in [3.05, 3.63) is 69.2 Å². The van der Waals surface area contributed by atoms with Crippen molar-refractivity contribution in [3.63, 3.8) is 0 Å². The minimum atomic E-state index is -1.83. The van der Waals surface area contributed by atoms with Crippen LogP contribution >= 0.6 is 11.6 Å². The molecule has 2 heterocycles. The van der Waals surface area contributed by atoms with Crippen molar-refractivity contribution in [2.45, 2.75) is 50.2 Å². The molecule has 2 aliphatic heterocycles. The highest BCUT2D eigenvalue weighted by molar-refractivity contribution is 6.35. The van der Waals surface area contributed by atoms with Gasteiger partial charge >= 0.3 is 0 Å². The minimum Gasteiger partial charge on any atom is -0.394 e. The zero-order chi connectivity index (χ0) is 21.6. The summed E-state index contributed by atoms with van der Waals surface area (Å²) in [6.07, 6.45) is -5.06. The molecular weight excluding hydrogens is 412 g/mol. The highest BCUT2D eigenvalue weighted by Crippen LogP contribution is 2.47. The van der Waals surface area contributed by atoms with E-state index in [1.54, 1.807) is 18.2 Å². The second-order valence-corrected chi connectivity index (χ2v) is 8.00. The van der Waals surface area contributed by atoms with Gasteiger partial charge in [-0.25, -0.2) is 0 Å². The van der Waals surface area contributed by atoms with Crippen LogP contribution in [0.5, 0.6) is 0 Å². The first-order chi connectivity index (χ1) is 14.3. The van der Waals surface area contributed by atoms with E-state index in [0.29, 0.717) is 16.7 Å². The fourth-order valence-electron chi connectivity index (χ4n) is 4.03. The van der Waals surface area contributed by atoms with Crippen molar-refractivity contribution >= 4 is 17.4 Å². The summed E-state index contributed by atoms with van der Waals surface area (Å²) in [5.74, 6) is -2.13. The van der Waals surface area contributed by atoms with Crippen molar-refractivity contribution in [3.8, 4) is 0 Å². The molecule has 2 aromatic rings. The summed E-state index contributed by atoms with van der Waals surface area (Å²) in [5.41, 5.74) is 2.66. The van der Waals surface area contributed by atoms with E-state index in [2.05, 4.69) is 0 Å². The topological polar surface area (TPSA) is 116 Å². The molecule has 0 radical (unpaired) electrons. The maximum atomic E-state index is 13.1. The summed E-state index contributed by atoms with van der Waals surface area (Å²) < 4.78 is 11.4. The quantitative estimate of drug-likeness (QED) is 0.536. The summed E-state index contributed by atoms with van der Waals surface area (Å²) in [4.78, 5) is 13.1. The normalized spacial score (nSPS) is 30.5. The number of benzene rings is 2. The van der Waals surface area contributed by atoms with Crippen LogP contribution in [0.15, 0.2) is 36.4 Å². The molecule has 5 atom stereocenters. The molecule has 1 fully saturated rings. The van der Waals surface area contributed by atoms with Crippen LogP contribution in [0.2, 0.25) is 5.02 Å². The third kappa shape index (κ3) is 3.27. The lowest BCUT2D eigenvalue weighted by molar-refractivity contribution is -0.368. The van der Waals surface area contributed by atoms with E-state index in [1.807, 2.05) is 19.1 Å². The van der Waals surface area contributed by atoms with Crippen molar-refractivity contribution in [2.24, 2.45) is 0 Å². The monoisotopic (exact) mass is 434 g/mol. The Labute approximate surface area is 178 Å². The molecule has 0 amide bonds. The smallest absolute Gasteiger partial charge is 0.225 e. The van der Waals surface area contributed by atoms with Crippen LogP contribution in [0.25, 0.3) is 0 Å². The van der Waals surface area contributed by atoms with Crippen molar-refractivity contribution in [1.29, 1.82) is 0 Å². The van der Waals surface area contributed by atoms with Gasteiger partial charge in [-0.05, 0) is 29.7 Å². The maximum absolute atomic E-state index is 13.1. The Hall–Kier alpha value is -1.84. The number of carbonyl (C=O) groups is 1. The zero-order valence-electron chi connectivity index (χ0n) is 16.3. The van der Waals surface area contributed by atoms with E-state index in [1.165, 1.54) is 6.07 Å². The van der Waals surface area contributed by atoms with Gasteiger partial charge in [0.25, 0.3) is 0 Å². The summed E-state index contributed by atoms with van der Waals surface area (Å²) >= 11 is 6.37. The molecule has 4 N–H and O–H groups in total. The second-order valence-electron chi connectivity index (χ2n) is 7.59. The molecular formula is C22H23ClO7. The van der Waals surface area contributed by atoms with Gasteiger partial charge in [0, 0.05) is 16.7 Å². The number of ketones is 1. The summed E-state index contributed by atoms with van der Waals surface area (Å²) in [6, 6.07) is 10.3. The van der Waals surface area contributed by atoms with Gasteiger partial charge in [0.15, 0.2) is 5.78 Å². The van der Waals surface area contributed by atoms with Gasteiger partial charge in [-0.1, -0.05) is 42.8 Å². The van der Waals surface area contributed by atoms with Gasteiger partial charge in [-0.3, -0.25) is 4.79 Å². The van der Waals surface area contributed by atoms with Crippen molar-refractivity contribution < 1.29 is 34.7 Å². The molecule has 7 nitrogen and oxygen atoms in total. The number of carbonyl (C=O) groups excluding carboxylic acids is 1. The Balaban J connectivity index is 1.77. The largest absolute Gasteiger partial charge is 0.394 e. The molecule has 8 heteroatoms. The fraction of sp³-hybridized carbons (Fsp3) is 0.409. The standard InChI is InChI=1S/C22H23ClO7/c1-2-11-3-5-12(6-4-11)18(25)14-8-15-13(7-16(14)23)10-29-22(15)21(28)20(27)19(26)17(9-24)30-22/h3-8,17,19-21,24,26-28H,2,9-10H2,1H3/t17-,19-,20+,21-,22+/m1/s1. The number of aryl methyl sites for hydroxylation is 1. The number of aliphatic hydroxyl groups is 4. The molecule has 1 saturated heterocycles. The molecule has 2 aliphatic rings. The Morgan fingerprint density at radius 1 is 1.17 bits per heavy atom. The molecule has 0 aliphatic carbocycles. The predicted molar refractivity (Wildman–Crippen MR) is 107 cm³/mol. The fourth-order valence-corrected chi connectivity index (χ4v) is 4.30. The number of hydrogen-bond acceptors (Lipinski definition) is 7. The van der Waals surface area contributed by atoms with Crippen LogP contribution in [0.4, 0.5) is 0 Å². The molecule has 0 saturated carbocycles. The van der Waals surface area contributed by atoms with Gasteiger partial charge < -0.3 is 29.9 Å². The average molecular weight is 435 g/mol. The Morgan fingerprint density at radius 2 is 1.87 bits per heavy atom. The Morgan fingerprint density at radius 3 is 2.50 bits per heavy atom. The molecule has 30 heavy (non-hydrogen) atoms. The number of halogens is 1. The molecule has 1 spiro atoms. The van der Waals surface area contributed by atoms with E-state index in [9.17, 15) is 25.2 Å². The van der Waals surface area contributed by atoms with Crippen molar-refractivity contribution in [2.75, 3.05) is 6.61 Å². The molecule has 0 bridgehead atoms. The lowest BCUT2D eigenvalue weighted by Gasteiger charge is -2.46. The predicted octanol–water partition coefficient (Wildman–Crippen LogP) is 1.29. The average Bonchev–Trinajstić information content (AvgIpc) is 3.11. The molecule has 4 rings (SSSR count). The van der Waals surface area contributed by atoms with Crippen LogP contribution in [-0.2, 0) is 28.3 Å². The van der Waals surface area contributed by atoms with Crippen LogP contribution in [0.1, 0.15) is 39.5 Å². The number of fused-ring (bicyclic) bond motifs is 2. The number of aliphatic hydroxyl groups excluding tert-OH is 4. The first-order valence-corrected chi connectivity index (χ1v) is 10.1. The summed E-state index contributed by atoms with van der Waals surface area (Å²) in [6.45, 7) is 1.45. The first kappa shape index (κ1) is 21.4. The van der Waals surface area contributed by atoms with Crippen molar-refractivity contribution in [1.82, 2.24) is 0 Å². The number of hydrogen-bond donors (Lipinski definition) is 4. The Kier molecular flexibility index (Phi) is 5.71. The second kappa shape index (κ2) is 8.01. The van der Waals surface area contributed by atoms with Crippen LogP contribution < -0.4 is 0 Å². The molecule has 0 aromatic heterocycles. The minimum absolute atomic E-state index is 0.0206. The molecule has 160 valence electrons. The highest BCUT2D eigenvalue weighted by atomic mass is 35.5. The van der Waals surface area contributed by atoms with E-state index in [-0.39, 0.29) is 23.0 Å². The van der Waals surface area contributed by atoms with Gasteiger partial charge in [0.05, 0.1) is 18.2 Å².